The fourth-order valence-electron chi connectivity index (χ4n) is 1.71. The molecule has 0 spiro atoms. The summed E-state index contributed by atoms with van der Waals surface area (Å²) in [6.45, 7) is 4.00. The van der Waals surface area contributed by atoms with Gasteiger partial charge >= 0.3 is 6.18 Å². The fraction of sp³-hybridized carbons (Fsp3) is 0.250. The summed E-state index contributed by atoms with van der Waals surface area (Å²) in [7, 11) is 0. The van der Waals surface area contributed by atoms with Gasteiger partial charge in [-0.25, -0.2) is 5.43 Å². The summed E-state index contributed by atoms with van der Waals surface area (Å²) in [6, 6.07) is 12.0. The van der Waals surface area contributed by atoms with E-state index in [9.17, 15) is 13.2 Å². The first-order valence-electron chi connectivity index (χ1n) is 6.81. The summed E-state index contributed by atoms with van der Waals surface area (Å²) in [5.41, 5.74) is 6.16. The Morgan fingerprint density at radius 3 is 2.23 bits per heavy atom. The lowest BCUT2D eigenvalue weighted by Gasteiger charge is -2.12. The van der Waals surface area contributed by atoms with Crippen LogP contribution in [-0.4, -0.2) is 6.04 Å². The van der Waals surface area contributed by atoms with Gasteiger partial charge in [0.05, 0.1) is 5.56 Å². The van der Waals surface area contributed by atoms with Gasteiger partial charge in [-0.1, -0.05) is 6.07 Å². The molecule has 0 unspecified atom stereocenters. The predicted molar refractivity (Wildman–Crippen MR) is 79.9 cm³/mol. The second-order valence-corrected chi connectivity index (χ2v) is 5.08. The maximum absolute atomic E-state index is 12.6. The average molecular weight is 310 g/mol. The van der Waals surface area contributed by atoms with Crippen LogP contribution in [0.15, 0.2) is 48.5 Å². The van der Waals surface area contributed by atoms with Crippen LogP contribution < -0.4 is 15.6 Å². The molecule has 3 nitrogen and oxygen atoms in total. The fourth-order valence-corrected chi connectivity index (χ4v) is 1.71. The SMILES string of the molecule is CC(C)NNc1ccc(Oc2cccc(C(F)(F)F)c2)cc1. The number of nitrogens with one attached hydrogen (secondary N) is 2. The molecule has 0 aliphatic heterocycles. The summed E-state index contributed by atoms with van der Waals surface area (Å²) in [6.07, 6.45) is -4.38. The molecule has 0 saturated heterocycles. The van der Waals surface area contributed by atoms with Gasteiger partial charge in [0.25, 0.3) is 0 Å². The van der Waals surface area contributed by atoms with Crippen molar-refractivity contribution in [3.63, 3.8) is 0 Å². The molecule has 22 heavy (non-hydrogen) atoms. The van der Waals surface area contributed by atoms with E-state index < -0.39 is 11.7 Å². The van der Waals surface area contributed by atoms with Crippen LogP contribution in [0.5, 0.6) is 11.5 Å². The molecule has 0 aromatic heterocycles. The van der Waals surface area contributed by atoms with E-state index in [1.165, 1.54) is 12.1 Å². The minimum absolute atomic E-state index is 0.149. The summed E-state index contributed by atoms with van der Waals surface area (Å²) in [5.74, 6) is 0.616. The number of alkyl halides is 3. The van der Waals surface area contributed by atoms with Gasteiger partial charge in [-0.2, -0.15) is 13.2 Å². The van der Waals surface area contributed by atoms with Crippen LogP contribution in [0.4, 0.5) is 18.9 Å². The largest absolute Gasteiger partial charge is 0.457 e. The van der Waals surface area contributed by atoms with Crippen LogP contribution in [0.1, 0.15) is 19.4 Å². The summed E-state index contributed by atoms with van der Waals surface area (Å²) < 4.78 is 43.4. The van der Waals surface area contributed by atoms with Gasteiger partial charge in [-0.05, 0) is 56.3 Å². The van der Waals surface area contributed by atoms with E-state index >= 15 is 0 Å². The van der Waals surface area contributed by atoms with E-state index in [1.54, 1.807) is 24.3 Å². The minimum atomic E-state index is -4.38. The van der Waals surface area contributed by atoms with Crippen molar-refractivity contribution in [1.29, 1.82) is 0 Å². The molecule has 2 aromatic rings. The van der Waals surface area contributed by atoms with Crippen LogP contribution in [0.3, 0.4) is 0 Å². The lowest BCUT2D eigenvalue weighted by Crippen LogP contribution is -2.28. The van der Waals surface area contributed by atoms with Crippen LogP contribution >= 0.6 is 0 Å². The molecule has 6 heteroatoms. The third-order valence-electron chi connectivity index (χ3n) is 2.76. The van der Waals surface area contributed by atoms with E-state index in [0.717, 1.165) is 17.8 Å². The molecule has 2 aromatic carbocycles. The molecule has 0 heterocycles. The van der Waals surface area contributed by atoms with Gasteiger partial charge < -0.3 is 10.2 Å². The Kier molecular flexibility index (Phi) is 4.92. The average Bonchev–Trinajstić information content (AvgIpc) is 2.46. The van der Waals surface area contributed by atoms with Crippen molar-refractivity contribution in [2.24, 2.45) is 0 Å². The number of anilines is 1. The van der Waals surface area contributed by atoms with Crippen molar-refractivity contribution in [1.82, 2.24) is 5.43 Å². The van der Waals surface area contributed by atoms with Crippen LogP contribution in [0.25, 0.3) is 0 Å². The predicted octanol–water partition coefficient (Wildman–Crippen LogP) is 4.82. The zero-order valence-corrected chi connectivity index (χ0v) is 12.2. The van der Waals surface area contributed by atoms with E-state index in [4.69, 9.17) is 4.74 Å². The number of halogens is 3. The van der Waals surface area contributed by atoms with Crippen molar-refractivity contribution in [3.8, 4) is 11.5 Å². The number of hydrazine groups is 1. The number of rotatable bonds is 5. The Labute approximate surface area is 127 Å². The molecular weight excluding hydrogens is 293 g/mol. The van der Waals surface area contributed by atoms with Crippen molar-refractivity contribution >= 4 is 5.69 Å². The molecule has 0 amide bonds. The second-order valence-electron chi connectivity index (χ2n) is 5.08. The standard InChI is InChI=1S/C16H17F3N2O/c1-11(2)20-21-13-6-8-14(9-7-13)22-15-5-3-4-12(10-15)16(17,18)19/h3-11,20-21H,1-2H3. The van der Waals surface area contributed by atoms with Crippen molar-refractivity contribution < 1.29 is 17.9 Å². The Morgan fingerprint density at radius 2 is 1.64 bits per heavy atom. The molecule has 0 bridgehead atoms. The van der Waals surface area contributed by atoms with Crippen molar-refractivity contribution in [2.45, 2.75) is 26.1 Å². The maximum Gasteiger partial charge on any atom is 0.416 e. The van der Waals surface area contributed by atoms with Crippen molar-refractivity contribution in [2.75, 3.05) is 5.43 Å². The molecule has 0 fully saturated rings. The Morgan fingerprint density at radius 1 is 0.955 bits per heavy atom. The highest BCUT2D eigenvalue weighted by Gasteiger charge is 2.30. The highest BCUT2D eigenvalue weighted by molar-refractivity contribution is 5.46. The smallest absolute Gasteiger partial charge is 0.416 e. The summed E-state index contributed by atoms with van der Waals surface area (Å²) in [5, 5.41) is 0. The van der Waals surface area contributed by atoms with Gasteiger partial charge in [-0.15, -0.1) is 0 Å². The second kappa shape index (κ2) is 6.70. The summed E-state index contributed by atoms with van der Waals surface area (Å²) in [4.78, 5) is 0. The topological polar surface area (TPSA) is 33.3 Å². The Balaban J connectivity index is 2.05. The lowest BCUT2D eigenvalue weighted by molar-refractivity contribution is -0.137. The monoisotopic (exact) mass is 310 g/mol. The van der Waals surface area contributed by atoms with Crippen LogP contribution in [0.2, 0.25) is 0 Å². The maximum atomic E-state index is 12.6. The van der Waals surface area contributed by atoms with E-state index in [1.807, 2.05) is 13.8 Å². The molecule has 118 valence electrons. The van der Waals surface area contributed by atoms with Gasteiger partial charge in [-0.3, -0.25) is 0 Å². The van der Waals surface area contributed by atoms with E-state index in [0.29, 0.717) is 5.75 Å². The molecule has 2 rings (SSSR count). The molecule has 0 aliphatic rings. The third kappa shape index (κ3) is 4.66. The highest BCUT2D eigenvalue weighted by Crippen LogP contribution is 2.32. The molecule has 0 aliphatic carbocycles. The number of ether oxygens (including phenoxy) is 1. The van der Waals surface area contributed by atoms with E-state index in [-0.39, 0.29) is 11.8 Å². The first-order chi connectivity index (χ1) is 10.3. The lowest BCUT2D eigenvalue weighted by atomic mass is 10.2. The third-order valence-corrected chi connectivity index (χ3v) is 2.76. The first kappa shape index (κ1) is 16.2. The van der Waals surface area contributed by atoms with Gasteiger partial charge in [0.1, 0.15) is 11.5 Å². The first-order valence-corrected chi connectivity index (χ1v) is 6.81. The quantitative estimate of drug-likeness (QED) is 0.777. The zero-order valence-electron chi connectivity index (χ0n) is 12.2. The zero-order chi connectivity index (χ0) is 16.2. The Bertz CT molecular complexity index is 610. The highest BCUT2D eigenvalue weighted by atomic mass is 19.4. The Hall–Kier alpha value is -2.21. The number of hydrogen-bond acceptors (Lipinski definition) is 3. The summed E-state index contributed by atoms with van der Waals surface area (Å²) >= 11 is 0. The molecule has 0 radical (unpaired) electrons. The molecule has 0 saturated carbocycles. The normalized spacial score (nSPS) is 11.5. The van der Waals surface area contributed by atoms with Gasteiger partial charge in [0.2, 0.25) is 0 Å². The van der Waals surface area contributed by atoms with E-state index in [2.05, 4.69) is 10.9 Å². The minimum Gasteiger partial charge on any atom is -0.457 e. The number of hydrogen-bond donors (Lipinski definition) is 2. The van der Waals surface area contributed by atoms with Crippen LogP contribution in [-0.2, 0) is 6.18 Å². The molecule has 2 N–H and O–H groups in total. The number of benzene rings is 2. The van der Waals surface area contributed by atoms with Crippen molar-refractivity contribution in [3.05, 3.63) is 54.1 Å². The van der Waals surface area contributed by atoms with Gasteiger partial charge in [0.15, 0.2) is 0 Å². The van der Waals surface area contributed by atoms with Crippen LogP contribution in [0, 0.1) is 0 Å². The molecule has 0 atom stereocenters. The van der Waals surface area contributed by atoms with Gasteiger partial charge in [0, 0.05) is 11.7 Å². The molecular formula is C16H17F3N2O.